The number of thiophene rings is 1. The smallest absolute Gasteiger partial charge is 0.246 e. The zero-order valence-corrected chi connectivity index (χ0v) is 12.7. The molecular formula is C15H20N2O2S. The molecule has 1 aromatic heterocycles. The van der Waals surface area contributed by atoms with Gasteiger partial charge in [-0.2, -0.15) is 0 Å². The molecular weight excluding hydrogens is 272 g/mol. The zero-order chi connectivity index (χ0) is 14.3. The number of amides is 2. The van der Waals surface area contributed by atoms with Crippen LogP contribution in [0.2, 0.25) is 0 Å². The number of hydrogen-bond acceptors (Lipinski definition) is 3. The Morgan fingerprint density at radius 2 is 2.10 bits per heavy atom. The Morgan fingerprint density at radius 3 is 2.65 bits per heavy atom. The molecule has 2 fully saturated rings. The summed E-state index contributed by atoms with van der Waals surface area (Å²) in [5, 5.41) is 2.92. The molecule has 0 radical (unpaired) electrons. The SMILES string of the molecule is CCC1C(=O)NC(C2CC2)C(=O)N1Cc1ccc(C)s1. The van der Waals surface area contributed by atoms with Crippen LogP contribution in [0.15, 0.2) is 12.1 Å². The predicted octanol–water partition coefficient (Wildman–Crippen LogP) is 2.07. The van der Waals surface area contributed by atoms with Gasteiger partial charge in [0.05, 0.1) is 6.54 Å². The molecule has 4 nitrogen and oxygen atoms in total. The van der Waals surface area contributed by atoms with Crippen molar-refractivity contribution >= 4 is 23.2 Å². The lowest BCUT2D eigenvalue weighted by molar-refractivity contribution is -0.150. The van der Waals surface area contributed by atoms with Gasteiger partial charge in [0.15, 0.2) is 0 Å². The van der Waals surface area contributed by atoms with E-state index in [2.05, 4.69) is 24.4 Å². The van der Waals surface area contributed by atoms with Crippen LogP contribution in [-0.4, -0.2) is 28.8 Å². The van der Waals surface area contributed by atoms with Gasteiger partial charge < -0.3 is 10.2 Å². The van der Waals surface area contributed by atoms with Gasteiger partial charge >= 0.3 is 0 Å². The first-order chi connectivity index (χ1) is 9.60. The monoisotopic (exact) mass is 292 g/mol. The van der Waals surface area contributed by atoms with E-state index in [1.165, 1.54) is 4.88 Å². The first-order valence-corrected chi connectivity index (χ1v) is 8.08. The minimum Gasteiger partial charge on any atom is -0.342 e. The van der Waals surface area contributed by atoms with Crippen molar-refractivity contribution in [3.8, 4) is 0 Å². The van der Waals surface area contributed by atoms with Crippen molar-refractivity contribution < 1.29 is 9.59 Å². The van der Waals surface area contributed by atoms with Crippen molar-refractivity contribution in [1.82, 2.24) is 10.2 Å². The largest absolute Gasteiger partial charge is 0.342 e. The topological polar surface area (TPSA) is 49.4 Å². The minimum absolute atomic E-state index is 0.0114. The van der Waals surface area contributed by atoms with Gasteiger partial charge in [-0.1, -0.05) is 6.92 Å². The van der Waals surface area contributed by atoms with E-state index in [1.54, 1.807) is 16.2 Å². The Bertz CT molecular complexity index is 536. The van der Waals surface area contributed by atoms with Crippen LogP contribution in [0.4, 0.5) is 0 Å². The maximum atomic E-state index is 12.6. The fraction of sp³-hybridized carbons (Fsp3) is 0.600. The highest BCUT2D eigenvalue weighted by atomic mass is 32.1. The standard InChI is InChI=1S/C15H20N2O2S/c1-3-12-14(18)16-13(10-5-6-10)15(19)17(12)8-11-7-4-9(2)20-11/h4,7,10,12-13H,3,5-6,8H2,1-2H3,(H,16,18). The summed E-state index contributed by atoms with van der Waals surface area (Å²) in [7, 11) is 0. The summed E-state index contributed by atoms with van der Waals surface area (Å²) in [4.78, 5) is 29.0. The van der Waals surface area contributed by atoms with Gasteiger partial charge in [-0.15, -0.1) is 11.3 Å². The normalized spacial score (nSPS) is 26.8. The molecule has 0 bridgehead atoms. The summed E-state index contributed by atoms with van der Waals surface area (Å²) < 4.78 is 0. The number of nitrogens with zero attached hydrogens (tertiary/aromatic N) is 1. The summed E-state index contributed by atoms with van der Waals surface area (Å²) in [5.41, 5.74) is 0. The summed E-state index contributed by atoms with van der Waals surface area (Å²) in [6, 6.07) is 3.51. The van der Waals surface area contributed by atoms with E-state index < -0.39 is 0 Å². The van der Waals surface area contributed by atoms with E-state index in [9.17, 15) is 9.59 Å². The lowest BCUT2D eigenvalue weighted by Gasteiger charge is -2.38. The molecule has 2 aliphatic rings. The predicted molar refractivity (Wildman–Crippen MR) is 78.3 cm³/mol. The second-order valence-corrected chi connectivity index (χ2v) is 7.10. The van der Waals surface area contributed by atoms with Gasteiger partial charge in [-0.05, 0) is 44.2 Å². The summed E-state index contributed by atoms with van der Waals surface area (Å²) in [6.07, 6.45) is 2.78. The average Bonchev–Trinajstić information content (AvgIpc) is 3.17. The van der Waals surface area contributed by atoms with Crippen molar-refractivity contribution in [2.75, 3.05) is 0 Å². The van der Waals surface area contributed by atoms with Crippen LogP contribution in [0.25, 0.3) is 0 Å². The molecule has 108 valence electrons. The Morgan fingerprint density at radius 1 is 1.35 bits per heavy atom. The van der Waals surface area contributed by atoms with Crippen LogP contribution in [-0.2, 0) is 16.1 Å². The molecule has 1 saturated heterocycles. The molecule has 1 aromatic rings. The van der Waals surface area contributed by atoms with Gasteiger partial charge in [-0.3, -0.25) is 9.59 Å². The fourth-order valence-corrected chi connectivity index (χ4v) is 3.76. The first kappa shape index (κ1) is 13.6. The highest BCUT2D eigenvalue weighted by molar-refractivity contribution is 7.11. The quantitative estimate of drug-likeness (QED) is 0.923. The van der Waals surface area contributed by atoms with Gasteiger partial charge in [0.25, 0.3) is 0 Å². The first-order valence-electron chi connectivity index (χ1n) is 7.26. The van der Waals surface area contributed by atoms with Crippen LogP contribution >= 0.6 is 11.3 Å². The second kappa shape index (κ2) is 5.20. The summed E-state index contributed by atoms with van der Waals surface area (Å²) in [6.45, 7) is 4.58. The lowest BCUT2D eigenvalue weighted by atomic mass is 10.0. The third-order valence-electron chi connectivity index (χ3n) is 4.13. The number of aryl methyl sites for hydroxylation is 1. The van der Waals surface area contributed by atoms with Crippen LogP contribution in [0.1, 0.15) is 35.9 Å². The van der Waals surface area contributed by atoms with Crippen LogP contribution in [0, 0.1) is 12.8 Å². The molecule has 2 amide bonds. The van der Waals surface area contributed by atoms with Crippen molar-refractivity contribution in [3.63, 3.8) is 0 Å². The molecule has 2 atom stereocenters. The fourth-order valence-electron chi connectivity index (χ4n) is 2.87. The molecule has 0 aromatic carbocycles. The van der Waals surface area contributed by atoms with E-state index in [4.69, 9.17) is 0 Å². The molecule has 3 rings (SSSR count). The highest BCUT2D eigenvalue weighted by Crippen LogP contribution is 2.35. The van der Waals surface area contributed by atoms with Gasteiger partial charge in [0.2, 0.25) is 11.8 Å². The summed E-state index contributed by atoms with van der Waals surface area (Å²) >= 11 is 1.70. The lowest BCUT2D eigenvalue weighted by Crippen LogP contribution is -2.63. The summed E-state index contributed by atoms with van der Waals surface area (Å²) in [5.74, 6) is 0.471. The molecule has 2 heterocycles. The number of nitrogens with one attached hydrogen (secondary N) is 1. The van der Waals surface area contributed by atoms with E-state index in [0.717, 1.165) is 17.7 Å². The maximum absolute atomic E-state index is 12.6. The van der Waals surface area contributed by atoms with Crippen molar-refractivity contribution in [2.24, 2.45) is 5.92 Å². The second-order valence-electron chi connectivity index (χ2n) is 5.73. The van der Waals surface area contributed by atoms with E-state index >= 15 is 0 Å². The van der Waals surface area contributed by atoms with Crippen molar-refractivity contribution in [1.29, 1.82) is 0 Å². The Labute approximate surface area is 123 Å². The molecule has 20 heavy (non-hydrogen) atoms. The average molecular weight is 292 g/mol. The van der Waals surface area contributed by atoms with Crippen LogP contribution < -0.4 is 5.32 Å². The van der Waals surface area contributed by atoms with Crippen LogP contribution in [0.3, 0.4) is 0 Å². The third kappa shape index (κ3) is 2.46. The molecule has 0 spiro atoms. The molecule has 1 saturated carbocycles. The molecule has 5 heteroatoms. The highest BCUT2D eigenvalue weighted by Gasteiger charge is 2.46. The number of rotatable bonds is 4. The Kier molecular flexibility index (Phi) is 3.54. The molecule has 1 N–H and O–H groups in total. The van der Waals surface area contributed by atoms with E-state index in [-0.39, 0.29) is 23.9 Å². The maximum Gasteiger partial charge on any atom is 0.246 e. The van der Waals surface area contributed by atoms with E-state index in [1.807, 2.05) is 6.92 Å². The third-order valence-corrected chi connectivity index (χ3v) is 5.11. The molecule has 1 aliphatic heterocycles. The Hall–Kier alpha value is -1.36. The zero-order valence-electron chi connectivity index (χ0n) is 11.9. The number of hydrogen-bond donors (Lipinski definition) is 1. The van der Waals surface area contributed by atoms with Crippen molar-refractivity contribution in [3.05, 3.63) is 21.9 Å². The number of carbonyl (C=O) groups excluding carboxylic acids is 2. The molecule has 1 aliphatic carbocycles. The Balaban J connectivity index is 1.82. The van der Waals surface area contributed by atoms with E-state index in [0.29, 0.717) is 18.9 Å². The molecule has 2 unspecified atom stereocenters. The van der Waals surface area contributed by atoms with Gasteiger partial charge in [-0.25, -0.2) is 0 Å². The number of piperazine rings is 1. The van der Waals surface area contributed by atoms with Gasteiger partial charge in [0.1, 0.15) is 12.1 Å². The minimum atomic E-state index is -0.320. The number of carbonyl (C=O) groups is 2. The van der Waals surface area contributed by atoms with Crippen LogP contribution in [0.5, 0.6) is 0 Å². The van der Waals surface area contributed by atoms with Crippen molar-refractivity contribution in [2.45, 2.75) is 51.7 Å². The van der Waals surface area contributed by atoms with Gasteiger partial charge in [0, 0.05) is 9.75 Å².